The van der Waals surface area contributed by atoms with Crippen molar-refractivity contribution in [2.24, 2.45) is 0 Å². The van der Waals surface area contributed by atoms with Gasteiger partial charge in [0.25, 0.3) is 0 Å². The van der Waals surface area contributed by atoms with E-state index in [-0.39, 0.29) is 42.7 Å². The third kappa shape index (κ3) is 39.1. The molecule has 0 saturated carbocycles. The van der Waals surface area contributed by atoms with Gasteiger partial charge in [-0.2, -0.15) is 0 Å². The molecule has 2 unspecified atom stereocenters. The molecule has 0 aliphatic heterocycles. The molecule has 0 fully saturated rings. The lowest BCUT2D eigenvalue weighted by atomic mass is 10.0. The molecule has 8 heteroatoms. The van der Waals surface area contributed by atoms with Crippen LogP contribution in [-0.2, 0) is 28.6 Å². The zero-order valence-electron chi connectivity index (χ0n) is 38.1. The number of hydrogen-bond donors (Lipinski definition) is 1. The van der Waals surface area contributed by atoms with Gasteiger partial charge in [-0.15, -0.1) is 0 Å². The Balaban J connectivity index is 4.28. The molecule has 1 N–H and O–H groups in total. The minimum Gasteiger partial charge on any atom is -0.477 e. The molecule has 0 spiro atoms. The summed E-state index contributed by atoms with van der Waals surface area (Å²) in [6.45, 7) is 4.69. The first-order valence-corrected chi connectivity index (χ1v) is 23.9. The van der Waals surface area contributed by atoms with Gasteiger partial charge in [-0.25, -0.2) is 4.79 Å². The highest BCUT2D eigenvalue weighted by Crippen LogP contribution is 2.16. The average Bonchev–Trinajstić information content (AvgIpc) is 3.17. The summed E-state index contributed by atoms with van der Waals surface area (Å²) in [5, 5.41) is 9.62. The number of carboxylic acid groups (broad SMARTS) is 1. The van der Waals surface area contributed by atoms with Crippen molar-refractivity contribution in [2.75, 3.05) is 41.0 Å². The molecule has 0 aromatic rings. The van der Waals surface area contributed by atoms with Crippen molar-refractivity contribution >= 4 is 17.9 Å². The van der Waals surface area contributed by atoms with Gasteiger partial charge < -0.3 is 23.8 Å². The third-order valence-corrected chi connectivity index (χ3v) is 10.9. The largest absolute Gasteiger partial charge is 0.477 e. The van der Waals surface area contributed by atoms with Crippen molar-refractivity contribution in [1.29, 1.82) is 0 Å². The normalized spacial score (nSPS) is 13.1. The summed E-state index contributed by atoms with van der Waals surface area (Å²) < 4.78 is 17.2. The molecule has 334 valence electrons. The second kappa shape index (κ2) is 40.6. The Morgan fingerprint density at radius 3 is 1.42 bits per heavy atom. The topological polar surface area (TPSA) is 99.1 Å². The quantitative estimate of drug-likeness (QED) is 0.0283. The first-order chi connectivity index (χ1) is 27.6. The number of nitrogens with zero attached hydrogens (tertiary/aromatic N) is 1. The molecule has 8 nitrogen and oxygen atoms in total. The molecule has 0 heterocycles. The molecule has 0 aliphatic carbocycles. The number of allylic oxidation sites excluding steroid dienone is 4. The van der Waals surface area contributed by atoms with Crippen LogP contribution < -0.4 is 0 Å². The van der Waals surface area contributed by atoms with Crippen LogP contribution in [0.2, 0.25) is 0 Å². The van der Waals surface area contributed by atoms with E-state index in [1.807, 2.05) is 27.2 Å². The predicted octanol–water partition coefficient (Wildman–Crippen LogP) is 13.3. The van der Waals surface area contributed by atoms with Crippen LogP contribution >= 0.6 is 0 Å². The minimum atomic E-state index is -0.879. The lowest BCUT2D eigenvalue weighted by Gasteiger charge is -2.31. The molecule has 0 bridgehead atoms. The van der Waals surface area contributed by atoms with Gasteiger partial charge in [0.1, 0.15) is 6.61 Å². The van der Waals surface area contributed by atoms with E-state index in [4.69, 9.17) is 14.2 Å². The molecule has 0 rings (SSSR count). The molecular weight excluding hydrogens is 715 g/mol. The maximum absolute atomic E-state index is 12.7. The van der Waals surface area contributed by atoms with Gasteiger partial charge in [0.05, 0.1) is 34.4 Å². The molecule has 0 saturated heterocycles. The summed E-state index contributed by atoms with van der Waals surface area (Å²) in [5.41, 5.74) is 0. The Labute approximate surface area is 351 Å². The van der Waals surface area contributed by atoms with Crippen LogP contribution in [0.15, 0.2) is 24.3 Å². The van der Waals surface area contributed by atoms with Crippen LogP contribution in [0.3, 0.4) is 0 Å². The van der Waals surface area contributed by atoms with Crippen LogP contribution in [0.4, 0.5) is 0 Å². The number of likely N-dealkylation sites (N-methyl/N-ethyl adjacent to an activating group) is 1. The van der Waals surface area contributed by atoms with E-state index < -0.39 is 18.1 Å². The van der Waals surface area contributed by atoms with Gasteiger partial charge in [0.15, 0.2) is 12.1 Å². The van der Waals surface area contributed by atoms with E-state index >= 15 is 0 Å². The first-order valence-electron chi connectivity index (χ1n) is 23.9. The maximum Gasteiger partial charge on any atom is 0.362 e. The molecule has 0 amide bonds. The van der Waals surface area contributed by atoms with Crippen molar-refractivity contribution in [3.8, 4) is 0 Å². The summed E-state index contributed by atoms with van der Waals surface area (Å²) in [5.74, 6) is -1.54. The van der Waals surface area contributed by atoms with Crippen molar-refractivity contribution in [3.63, 3.8) is 0 Å². The van der Waals surface area contributed by atoms with Gasteiger partial charge in [-0.1, -0.05) is 192 Å². The molecule has 0 aliphatic rings. The third-order valence-electron chi connectivity index (χ3n) is 10.9. The zero-order chi connectivity index (χ0) is 42.1. The Morgan fingerprint density at radius 1 is 0.526 bits per heavy atom. The fourth-order valence-electron chi connectivity index (χ4n) is 7.15. The van der Waals surface area contributed by atoms with Gasteiger partial charge in [-0.05, 0) is 32.1 Å². The minimum absolute atomic E-state index is 0.0483. The lowest BCUT2D eigenvalue weighted by Crippen LogP contribution is -2.50. The van der Waals surface area contributed by atoms with Crippen LogP contribution in [0.1, 0.15) is 219 Å². The maximum atomic E-state index is 12.7. The Morgan fingerprint density at radius 2 is 0.965 bits per heavy atom. The number of unbranched alkanes of at least 4 members (excludes halogenated alkanes) is 25. The number of carbonyl (C=O) groups excluding carboxylic acids is 2. The molecule has 57 heavy (non-hydrogen) atoms. The highest BCUT2D eigenvalue weighted by Gasteiger charge is 2.31. The van der Waals surface area contributed by atoms with Gasteiger partial charge in [-0.3, -0.25) is 9.59 Å². The molecule has 0 aromatic heterocycles. The van der Waals surface area contributed by atoms with Crippen LogP contribution in [0, 0.1) is 0 Å². The number of aliphatic carboxylic acids is 1. The Hall–Kier alpha value is -2.19. The first kappa shape index (κ1) is 54.8. The van der Waals surface area contributed by atoms with Crippen molar-refractivity contribution in [3.05, 3.63) is 24.3 Å². The number of quaternary nitrogens is 1. The average molecular weight is 807 g/mol. The van der Waals surface area contributed by atoms with E-state index in [2.05, 4.69) is 32.1 Å². The summed E-state index contributed by atoms with van der Waals surface area (Å²) in [7, 11) is 5.52. The van der Waals surface area contributed by atoms with Crippen molar-refractivity contribution < 1.29 is 38.2 Å². The number of hydrogen-bond acceptors (Lipinski definition) is 6. The number of carbonyl (C=O) groups is 3. The predicted molar refractivity (Wildman–Crippen MR) is 238 cm³/mol. The standard InChI is InChI=1S/C49H91NO7/c1-6-8-10-12-14-16-18-20-21-22-23-24-25-26-28-30-32-34-36-38-40-48(52)57-45(43-55-42-41-46(49(53)54)50(3,4)5)44-56-47(51)39-37-35-33-31-29-27-19-17-15-13-11-9-7-2/h27,29,33,35,45-46H,6-26,28,30-32,34,36-44H2,1-5H3/p+1/b29-27+,35-33+. The molecule has 0 radical (unpaired) electrons. The van der Waals surface area contributed by atoms with Crippen LogP contribution in [0.5, 0.6) is 0 Å². The van der Waals surface area contributed by atoms with E-state index in [1.165, 1.54) is 148 Å². The number of carboxylic acids is 1. The fourth-order valence-corrected chi connectivity index (χ4v) is 7.15. The van der Waals surface area contributed by atoms with Gasteiger partial charge >= 0.3 is 17.9 Å². The Kier molecular flexibility index (Phi) is 39.0. The monoisotopic (exact) mass is 807 g/mol. The van der Waals surface area contributed by atoms with Crippen LogP contribution in [0.25, 0.3) is 0 Å². The summed E-state index contributed by atoms with van der Waals surface area (Å²) in [6.07, 6.45) is 45.3. The lowest BCUT2D eigenvalue weighted by molar-refractivity contribution is -0.887. The second-order valence-electron chi connectivity index (χ2n) is 17.4. The number of ether oxygens (including phenoxy) is 3. The van der Waals surface area contributed by atoms with E-state index in [0.717, 1.165) is 32.1 Å². The van der Waals surface area contributed by atoms with Crippen molar-refractivity contribution in [2.45, 2.75) is 231 Å². The van der Waals surface area contributed by atoms with Gasteiger partial charge in [0, 0.05) is 19.3 Å². The highest BCUT2D eigenvalue weighted by atomic mass is 16.6. The number of esters is 2. The summed E-state index contributed by atoms with van der Waals surface area (Å²) in [6, 6.07) is -0.619. The Bertz CT molecular complexity index is 989. The highest BCUT2D eigenvalue weighted by molar-refractivity contribution is 5.72. The number of rotatable bonds is 43. The van der Waals surface area contributed by atoms with Crippen LogP contribution in [-0.4, -0.2) is 80.6 Å². The zero-order valence-corrected chi connectivity index (χ0v) is 38.1. The SMILES string of the molecule is CCCCCCCC/C=C/C/C=C/CCC(=O)OCC(COCCC(C(=O)O)[N+](C)(C)C)OC(=O)CCCCCCCCCCCCCCCCCCCCCC. The van der Waals surface area contributed by atoms with Crippen molar-refractivity contribution in [1.82, 2.24) is 0 Å². The summed E-state index contributed by atoms with van der Waals surface area (Å²) >= 11 is 0. The molecular formula is C49H92NO7+. The van der Waals surface area contributed by atoms with E-state index in [9.17, 15) is 19.5 Å². The van der Waals surface area contributed by atoms with Gasteiger partial charge in [0.2, 0.25) is 0 Å². The molecule has 0 aromatic carbocycles. The summed E-state index contributed by atoms with van der Waals surface area (Å²) in [4.78, 5) is 37.0. The van der Waals surface area contributed by atoms with E-state index in [0.29, 0.717) is 19.3 Å². The fraction of sp³-hybridized carbons (Fsp3) is 0.857. The molecule has 2 atom stereocenters. The smallest absolute Gasteiger partial charge is 0.362 e. The second-order valence-corrected chi connectivity index (χ2v) is 17.4. The van der Waals surface area contributed by atoms with E-state index in [1.54, 1.807) is 0 Å².